The van der Waals surface area contributed by atoms with E-state index in [0.717, 1.165) is 12.5 Å². The van der Waals surface area contributed by atoms with Crippen LogP contribution in [-0.4, -0.2) is 11.0 Å². The highest BCUT2D eigenvalue weighted by atomic mass is 79.9. The largest absolute Gasteiger partial charge is 0.377 e. The van der Waals surface area contributed by atoms with Crippen LogP contribution in [0.3, 0.4) is 0 Å². The summed E-state index contributed by atoms with van der Waals surface area (Å²) in [5.41, 5.74) is 0.0546. The van der Waals surface area contributed by atoms with Crippen molar-refractivity contribution in [3.05, 3.63) is 54.4 Å². The molecular formula is C14H14BrFN2O2S. The number of halogens is 2. The number of nitrogens with zero attached hydrogens (tertiary/aromatic N) is 1. The molecule has 2 rings (SSSR count). The standard InChI is InChI=1S/C14H14BrFN2O2S/c1-8(5-10-4-3-9(2)21-10)17-13-7-12(16)11(15)6-14(13)18(19)20/h3-4,6-8,17H,5H2,1-2H3. The van der Waals surface area contributed by atoms with E-state index in [2.05, 4.69) is 21.2 Å². The third kappa shape index (κ3) is 4.01. The van der Waals surface area contributed by atoms with Crippen molar-refractivity contribution in [3.63, 3.8) is 0 Å². The fourth-order valence-corrected chi connectivity index (χ4v) is 3.37. The fraction of sp³-hybridized carbons (Fsp3) is 0.286. The summed E-state index contributed by atoms with van der Waals surface area (Å²) in [6.07, 6.45) is 0.730. The maximum atomic E-state index is 13.6. The first-order valence-electron chi connectivity index (χ1n) is 6.32. The van der Waals surface area contributed by atoms with Crippen LogP contribution in [0, 0.1) is 22.9 Å². The minimum atomic E-state index is -0.526. The van der Waals surface area contributed by atoms with E-state index < -0.39 is 10.7 Å². The Morgan fingerprint density at radius 3 is 2.76 bits per heavy atom. The summed E-state index contributed by atoms with van der Waals surface area (Å²) in [6, 6.07) is 6.36. The van der Waals surface area contributed by atoms with Gasteiger partial charge in [-0.3, -0.25) is 10.1 Å². The molecule has 0 aliphatic carbocycles. The third-order valence-corrected chi connectivity index (χ3v) is 4.57. The molecule has 0 aliphatic heterocycles. The molecule has 1 aromatic carbocycles. The van der Waals surface area contributed by atoms with Gasteiger partial charge in [0.05, 0.1) is 9.40 Å². The zero-order valence-electron chi connectivity index (χ0n) is 11.5. The second kappa shape index (κ2) is 6.53. The number of nitro benzene ring substituents is 1. The van der Waals surface area contributed by atoms with Crippen LogP contribution >= 0.6 is 27.3 Å². The normalized spacial score (nSPS) is 12.2. The second-order valence-corrected chi connectivity index (χ2v) is 7.03. The number of nitro groups is 1. The predicted molar refractivity (Wildman–Crippen MR) is 86.6 cm³/mol. The molecule has 0 radical (unpaired) electrons. The Labute approximate surface area is 134 Å². The molecule has 0 saturated carbocycles. The molecule has 0 amide bonds. The Balaban J connectivity index is 2.18. The number of thiophene rings is 1. The lowest BCUT2D eigenvalue weighted by Crippen LogP contribution is -2.18. The summed E-state index contributed by atoms with van der Waals surface area (Å²) in [4.78, 5) is 12.9. The highest BCUT2D eigenvalue weighted by Gasteiger charge is 2.19. The molecule has 1 aromatic heterocycles. The van der Waals surface area contributed by atoms with Gasteiger partial charge in [0.15, 0.2) is 0 Å². The SMILES string of the molecule is Cc1ccc(CC(C)Nc2cc(F)c(Br)cc2[N+](=O)[O-])s1. The van der Waals surface area contributed by atoms with Crippen LogP contribution in [0.1, 0.15) is 16.7 Å². The van der Waals surface area contributed by atoms with Gasteiger partial charge in [0.2, 0.25) is 0 Å². The molecular weight excluding hydrogens is 359 g/mol. The van der Waals surface area contributed by atoms with Crippen LogP contribution in [0.15, 0.2) is 28.7 Å². The highest BCUT2D eigenvalue weighted by molar-refractivity contribution is 9.10. The molecule has 21 heavy (non-hydrogen) atoms. The number of hydrogen-bond acceptors (Lipinski definition) is 4. The zero-order chi connectivity index (χ0) is 15.6. The first-order chi connectivity index (χ1) is 9.86. The highest BCUT2D eigenvalue weighted by Crippen LogP contribution is 2.31. The van der Waals surface area contributed by atoms with Gasteiger partial charge in [-0.1, -0.05) is 0 Å². The van der Waals surface area contributed by atoms with Gasteiger partial charge < -0.3 is 5.32 Å². The van der Waals surface area contributed by atoms with Gasteiger partial charge in [-0.15, -0.1) is 11.3 Å². The summed E-state index contributed by atoms with van der Waals surface area (Å²) in [6.45, 7) is 3.94. The zero-order valence-corrected chi connectivity index (χ0v) is 13.9. The van der Waals surface area contributed by atoms with E-state index in [-0.39, 0.29) is 21.9 Å². The average molecular weight is 373 g/mol. The Morgan fingerprint density at radius 2 is 2.19 bits per heavy atom. The Kier molecular flexibility index (Phi) is 4.95. The number of hydrogen-bond donors (Lipinski definition) is 1. The van der Waals surface area contributed by atoms with E-state index in [1.54, 1.807) is 11.3 Å². The number of anilines is 1. The van der Waals surface area contributed by atoms with E-state index in [4.69, 9.17) is 0 Å². The summed E-state index contributed by atoms with van der Waals surface area (Å²) in [7, 11) is 0. The Hall–Kier alpha value is -1.47. The Bertz CT molecular complexity index is 675. The Morgan fingerprint density at radius 1 is 1.48 bits per heavy atom. The van der Waals surface area contributed by atoms with E-state index >= 15 is 0 Å². The molecule has 1 N–H and O–H groups in total. The van der Waals surface area contributed by atoms with Gasteiger partial charge in [0, 0.05) is 34.3 Å². The minimum absolute atomic E-state index is 0.0395. The number of nitrogens with one attached hydrogen (secondary N) is 1. The number of aryl methyl sites for hydroxylation is 1. The monoisotopic (exact) mass is 372 g/mol. The van der Waals surface area contributed by atoms with Crippen LogP contribution < -0.4 is 5.32 Å². The number of benzene rings is 1. The van der Waals surface area contributed by atoms with Crippen LogP contribution in [0.25, 0.3) is 0 Å². The quantitative estimate of drug-likeness (QED) is 0.599. The minimum Gasteiger partial charge on any atom is -0.377 e. The second-order valence-electron chi connectivity index (χ2n) is 4.80. The molecule has 1 heterocycles. The first-order valence-corrected chi connectivity index (χ1v) is 7.93. The molecule has 2 aromatic rings. The predicted octanol–water partition coefficient (Wildman–Crippen LogP) is 4.91. The third-order valence-electron chi connectivity index (χ3n) is 2.94. The van der Waals surface area contributed by atoms with Crippen molar-refractivity contribution in [2.24, 2.45) is 0 Å². The molecule has 1 atom stereocenters. The van der Waals surface area contributed by atoms with Crippen LogP contribution in [0.2, 0.25) is 0 Å². The molecule has 112 valence electrons. The summed E-state index contributed by atoms with van der Waals surface area (Å²) < 4.78 is 13.7. The fourth-order valence-electron chi connectivity index (χ4n) is 2.02. The van der Waals surface area contributed by atoms with Gasteiger partial charge in [-0.05, 0) is 41.9 Å². The summed E-state index contributed by atoms with van der Waals surface area (Å²) in [5.74, 6) is -0.526. The first kappa shape index (κ1) is 15.9. The number of rotatable bonds is 5. The molecule has 0 fully saturated rings. The molecule has 7 heteroatoms. The van der Waals surface area contributed by atoms with Crippen molar-refractivity contribution in [2.45, 2.75) is 26.3 Å². The van der Waals surface area contributed by atoms with Crippen LogP contribution in [0.5, 0.6) is 0 Å². The lowest BCUT2D eigenvalue weighted by molar-refractivity contribution is -0.384. The van der Waals surface area contributed by atoms with E-state index in [1.165, 1.54) is 15.8 Å². The van der Waals surface area contributed by atoms with Crippen molar-refractivity contribution in [1.29, 1.82) is 0 Å². The van der Waals surface area contributed by atoms with Gasteiger partial charge in [-0.2, -0.15) is 0 Å². The molecule has 4 nitrogen and oxygen atoms in total. The maximum Gasteiger partial charge on any atom is 0.293 e. The van der Waals surface area contributed by atoms with E-state index in [1.807, 2.05) is 26.0 Å². The van der Waals surface area contributed by atoms with Crippen molar-refractivity contribution in [2.75, 3.05) is 5.32 Å². The molecule has 0 spiro atoms. The van der Waals surface area contributed by atoms with Crippen LogP contribution in [0.4, 0.5) is 15.8 Å². The van der Waals surface area contributed by atoms with E-state index in [0.29, 0.717) is 0 Å². The lowest BCUT2D eigenvalue weighted by Gasteiger charge is -2.15. The molecule has 1 unspecified atom stereocenters. The van der Waals surface area contributed by atoms with Gasteiger partial charge in [-0.25, -0.2) is 4.39 Å². The van der Waals surface area contributed by atoms with Crippen molar-refractivity contribution < 1.29 is 9.31 Å². The molecule has 0 bridgehead atoms. The smallest absolute Gasteiger partial charge is 0.293 e. The summed E-state index contributed by atoms with van der Waals surface area (Å²) in [5, 5.41) is 14.1. The van der Waals surface area contributed by atoms with Crippen molar-refractivity contribution in [1.82, 2.24) is 0 Å². The average Bonchev–Trinajstić information content (AvgIpc) is 2.78. The topological polar surface area (TPSA) is 55.2 Å². The van der Waals surface area contributed by atoms with Crippen LogP contribution in [-0.2, 0) is 6.42 Å². The molecule has 0 saturated heterocycles. The van der Waals surface area contributed by atoms with Gasteiger partial charge in [0.25, 0.3) is 5.69 Å². The van der Waals surface area contributed by atoms with Crippen molar-refractivity contribution in [3.8, 4) is 0 Å². The van der Waals surface area contributed by atoms with E-state index in [9.17, 15) is 14.5 Å². The van der Waals surface area contributed by atoms with Crippen molar-refractivity contribution >= 4 is 38.6 Å². The molecule has 0 aliphatic rings. The lowest BCUT2D eigenvalue weighted by atomic mass is 10.2. The van der Waals surface area contributed by atoms with Gasteiger partial charge >= 0.3 is 0 Å². The summed E-state index contributed by atoms with van der Waals surface area (Å²) >= 11 is 4.65. The maximum absolute atomic E-state index is 13.6. The van der Waals surface area contributed by atoms with Gasteiger partial charge in [0.1, 0.15) is 11.5 Å².